The number of fused-ring (bicyclic) bond motifs is 3. The minimum absolute atomic E-state index is 0.0764. The molecule has 3 aromatic rings. The second kappa shape index (κ2) is 10.4. The first-order valence-electron chi connectivity index (χ1n) is 10.9. The lowest BCUT2D eigenvalue weighted by Crippen LogP contribution is -2.40. The van der Waals surface area contributed by atoms with E-state index >= 15 is 0 Å². The summed E-state index contributed by atoms with van der Waals surface area (Å²) in [5.41, 5.74) is 4.89. The van der Waals surface area contributed by atoms with E-state index in [0.717, 1.165) is 22.3 Å². The molecular weight excluding hydrogens is 468 g/mol. The number of carboxylic acids is 1. The molecule has 0 bridgehead atoms. The van der Waals surface area contributed by atoms with E-state index in [4.69, 9.17) is 16.3 Å². The van der Waals surface area contributed by atoms with Gasteiger partial charge in [-0.05, 0) is 46.9 Å². The molecule has 0 spiro atoms. The Morgan fingerprint density at radius 3 is 2.23 bits per heavy atom. The van der Waals surface area contributed by atoms with Gasteiger partial charge in [0.2, 0.25) is 0 Å². The van der Waals surface area contributed by atoms with E-state index in [2.05, 4.69) is 29.3 Å². The third-order valence-corrected chi connectivity index (χ3v) is 6.13. The summed E-state index contributed by atoms with van der Waals surface area (Å²) >= 11 is 6.26. The number of nitrogens with one attached hydrogen (secondary N) is 2. The zero-order valence-corrected chi connectivity index (χ0v) is 19.4. The standard InChI is InChI=1S/C27H23ClN2O5/c1-2-7-24(26(32)33)29-25(31)16-12-13-23(22(28)14-16)30-27(34)35-15-21-19-10-5-3-8-17(19)18-9-4-6-11-20(18)21/h2-6,8-14,21,24H,1,7,15H2,(H,29,31)(H,30,34)(H,32,33). The number of carbonyl (C=O) groups is 3. The lowest BCUT2D eigenvalue weighted by molar-refractivity contribution is -0.139. The molecule has 2 amide bonds. The minimum atomic E-state index is -1.17. The summed E-state index contributed by atoms with van der Waals surface area (Å²) in [5.74, 6) is -1.85. The predicted octanol–water partition coefficient (Wildman–Crippen LogP) is 5.46. The highest BCUT2D eigenvalue weighted by atomic mass is 35.5. The van der Waals surface area contributed by atoms with E-state index in [9.17, 15) is 19.5 Å². The van der Waals surface area contributed by atoms with Crippen molar-refractivity contribution in [2.24, 2.45) is 0 Å². The third kappa shape index (κ3) is 5.20. The summed E-state index contributed by atoms with van der Waals surface area (Å²) in [7, 11) is 0. The van der Waals surface area contributed by atoms with Gasteiger partial charge in [0.1, 0.15) is 12.6 Å². The van der Waals surface area contributed by atoms with Crippen molar-refractivity contribution >= 4 is 35.3 Å². The van der Waals surface area contributed by atoms with Crippen LogP contribution in [0, 0.1) is 0 Å². The molecule has 0 saturated heterocycles. The molecule has 4 rings (SSSR count). The fourth-order valence-electron chi connectivity index (χ4n) is 4.13. The Bertz CT molecular complexity index is 1260. The van der Waals surface area contributed by atoms with Gasteiger partial charge in [-0.1, -0.05) is 66.2 Å². The summed E-state index contributed by atoms with van der Waals surface area (Å²) in [6, 6.07) is 19.2. The number of amides is 2. The molecule has 3 aromatic carbocycles. The Hall–Kier alpha value is -4.10. The Morgan fingerprint density at radius 2 is 1.66 bits per heavy atom. The maximum atomic E-state index is 12.5. The van der Waals surface area contributed by atoms with Crippen molar-refractivity contribution in [3.05, 3.63) is 101 Å². The summed E-state index contributed by atoms with van der Waals surface area (Å²) in [6.07, 6.45) is 0.812. The average Bonchev–Trinajstić information content (AvgIpc) is 3.17. The number of hydrogen-bond donors (Lipinski definition) is 3. The van der Waals surface area contributed by atoms with Gasteiger partial charge in [-0.2, -0.15) is 0 Å². The highest BCUT2D eigenvalue weighted by molar-refractivity contribution is 6.34. The molecule has 0 heterocycles. The van der Waals surface area contributed by atoms with Crippen molar-refractivity contribution in [2.45, 2.75) is 18.4 Å². The van der Waals surface area contributed by atoms with Crippen LogP contribution in [0.15, 0.2) is 79.4 Å². The van der Waals surface area contributed by atoms with Crippen LogP contribution in [-0.4, -0.2) is 35.7 Å². The van der Waals surface area contributed by atoms with Crippen LogP contribution in [-0.2, 0) is 9.53 Å². The smallest absolute Gasteiger partial charge is 0.411 e. The zero-order valence-electron chi connectivity index (χ0n) is 18.7. The van der Waals surface area contributed by atoms with E-state index in [1.54, 1.807) is 0 Å². The Balaban J connectivity index is 1.40. The van der Waals surface area contributed by atoms with Gasteiger partial charge in [0.05, 0.1) is 10.7 Å². The van der Waals surface area contributed by atoms with Gasteiger partial charge < -0.3 is 15.2 Å². The van der Waals surface area contributed by atoms with Crippen LogP contribution < -0.4 is 10.6 Å². The molecule has 0 aliphatic heterocycles. The van der Waals surface area contributed by atoms with E-state index in [-0.39, 0.29) is 35.2 Å². The topological polar surface area (TPSA) is 105 Å². The minimum Gasteiger partial charge on any atom is -0.480 e. The molecule has 178 valence electrons. The Kier molecular flexibility index (Phi) is 7.17. The molecule has 3 N–H and O–H groups in total. The molecule has 35 heavy (non-hydrogen) atoms. The quantitative estimate of drug-likeness (QED) is 0.364. The lowest BCUT2D eigenvalue weighted by Gasteiger charge is -2.15. The second-order valence-corrected chi connectivity index (χ2v) is 8.44. The molecular formula is C27H23ClN2O5. The number of carbonyl (C=O) groups excluding carboxylic acids is 2. The van der Waals surface area contributed by atoms with E-state index in [1.807, 2.05) is 36.4 Å². The molecule has 1 unspecified atom stereocenters. The van der Waals surface area contributed by atoms with Gasteiger partial charge in [-0.15, -0.1) is 6.58 Å². The van der Waals surface area contributed by atoms with Crippen molar-refractivity contribution in [3.63, 3.8) is 0 Å². The van der Waals surface area contributed by atoms with Crippen molar-refractivity contribution in [1.82, 2.24) is 5.32 Å². The molecule has 0 radical (unpaired) electrons. The number of anilines is 1. The first-order valence-corrected chi connectivity index (χ1v) is 11.3. The highest BCUT2D eigenvalue weighted by Gasteiger charge is 2.29. The normalized spacial score (nSPS) is 12.7. The first kappa shape index (κ1) is 24.0. The summed E-state index contributed by atoms with van der Waals surface area (Å²) in [5, 5.41) is 14.3. The number of benzene rings is 3. The van der Waals surface area contributed by atoms with Gasteiger partial charge in [-0.3, -0.25) is 10.1 Å². The van der Waals surface area contributed by atoms with Crippen LogP contribution in [0.4, 0.5) is 10.5 Å². The monoisotopic (exact) mass is 490 g/mol. The second-order valence-electron chi connectivity index (χ2n) is 8.03. The third-order valence-electron chi connectivity index (χ3n) is 5.82. The molecule has 8 heteroatoms. The fourth-order valence-corrected chi connectivity index (χ4v) is 4.36. The number of ether oxygens (including phenoxy) is 1. The lowest BCUT2D eigenvalue weighted by atomic mass is 9.98. The Labute approximate surface area is 207 Å². The molecule has 1 aliphatic carbocycles. The van der Waals surface area contributed by atoms with Crippen LogP contribution >= 0.6 is 11.6 Å². The molecule has 1 atom stereocenters. The number of carboxylic acid groups (broad SMARTS) is 1. The maximum absolute atomic E-state index is 12.5. The zero-order chi connectivity index (χ0) is 24.9. The number of rotatable bonds is 8. The van der Waals surface area contributed by atoms with Gasteiger partial charge in [-0.25, -0.2) is 9.59 Å². The van der Waals surface area contributed by atoms with Crippen LogP contribution in [0.3, 0.4) is 0 Å². The number of aliphatic carboxylic acids is 1. The van der Waals surface area contributed by atoms with Gasteiger partial charge in [0.25, 0.3) is 5.91 Å². The largest absolute Gasteiger partial charge is 0.480 e. The maximum Gasteiger partial charge on any atom is 0.411 e. The van der Waals surface area contributed by atoms with Crippen molar-refractivity contribution in [2.75, 3.05) is 11.9 Å². The van der Waals surface area contributed by atoms with Gasteiger partial charge in [0.15, 0.2) is 0 Å². The molecule has 0 saturated carbocycles. The number of hydrogen-bond acceptors (Lipinski definition) is 4. The summed E-state index contributed by atoms with van der Waals surface area (Å²) < 4.78 is 5.52. The highest BCUT2D eigenvalue weighted by Crippen LogP contribution is 2.44. The van der Waals surface area contributed by atoms with Crippen LogP contribution in [0.1, 0.15) is 33.8 Å². The van der Waals surface area contributed by atoms with Crippen LogP contribution in [0.5, 0.6) is 0 Å². The van der Waals surface area contributed by atoms with Gasteiger partial charge in [0, 0.05) is 11.5 Å². The molecule has 7 nitrogen and oxygen atoms in total. The Morgan fingerprint density at radius 1 is 1.03 bits per heavy atom. The van der Waals surface area contributed by atoms with Gasteiger partial charge >= 0.3 is 12.1 Å². The fraction of sp³-hybridized carbons (Fsp3) is 0.148. The molecule has 0 aromatic heterocycles. The van der Waals surface area contributed by atoms with E-state index < -0.39 is 24.0 Å². The van der Waals surface area contributed by atoms with E-state index in [0.29, 0.717) is 0 Å². The predicted molar refractivity (Wildman–Crippen MR) is 134 cm³/mol. The molecule has 0 fully saturated rings. The molecule has 1 aliphatic rings. The van der Waals surface area contributed by atoms with Crippen molar-refractivity contribution < 1.29 is 24.2 Å². The summed E-state index contributed by atoms with van der Waals surface area (Å²) in [4.78, 5) is 36.1. The SMILES string of the molecule is C=CCC(NC(=O)c1ccc(NC(=O)OCC2c3ccccc3-c3ccccc32)c(Cl)c1)C(=O)O. The first-order chi connectivity index (χ1) is 16.9. The average molecular weight is 491 g/mol. The van der Waals surface area contributed by atoms with E-state index in [1.165, 1.54) is 24.3 Å². The van der Waals surface area contributed by atoms with Crippen LogP contribution in [0.25, 0.3) is 11.1 Å². The number of halogens is 1. The van der Waals surface area contributed by atoms with Crippen molar-refractivity contribution in [3.8, 4) is 11.1 Å². The van der Waals surface area contributed by atoms with Crippen LogP contribution in [0.2, 0.25) is 5.02 Å². The van der Waals surface area contributed by atoms with Crippen molar-refractivity contribution in [1.29, 1.82) is 0 Å². The summed E-state index contributed by atoms with van der Waals surface area (Å²) in [6.45, 7) is 3.64.